The number of amides is 3. The smallest absolute Gasteiger partial charge is 0.410 e. The summed E-state index contributed by atoms with van der Waals surface area (Å²) < 4.78 is 10.5. The van der Waals surface area contributed by atoms with Crippen molar-refractivity contribution in [1.82, 2.24) is 19.6 Å². The molecule has 3 heterocycles. The van der Waals surface area contributed by atoms with Gasteiger partial charge < -0.3 is 24.2 Å². The lowest BCUT2D eigenvalue weighted by Crippen LogP contribution is -2.54. The standard InChI is InChI=1S/C20H34N4O5/c1-13(2)23-11-14(9-16(23)17(25)28-6)24-12-15-10-21(7-8-22(15)18(24)26)19(27)29-20(3,4)5/h13-16H,7-12H2,1-6H3/t14-,15?,16+/m0/s1. The zero-order valence-electron chi connectivity index (χ0n) is 18.4. The zero-order chi connectivity index (χ0) is 21.5. The van der Waals surface area contributed by atoms with Gasteiger partial charge in [-0.05, 0) is 41.0 Å². The van der Waals surface area contributed by atoms with Crippen LogP contribution in [0, 0.1) is 0 Å². The number of piperazine rings is 1. The molecular weight excluding hydrogens is 376 g/mol. The van der Waals surface area contributed by atoms with Gasteiger partial charge >= 0.3 is 18.1 Å². The van der Waals surface area contributed by atoms with Crippen molar-refractivity contribution >= 4 is 18.1 Å². The van der Waals surface area contributed by atoms with Crippen LogP contribution in [0.15, 0.2) is 0 Å². The summed E-state index contributed by atoms with van der Waals surface area (Å²) in [5.74, 6) is -0.248. The fourth-order valence-corrected chi connectivity index (χ4v) is 4.53. The maximum absolute atomic E-state index is 13.0. The maximum Gasteiger partial charge on any atom is 0.410 e. The van der Waals surface area contributed by atoms with Gasteiger partial charge in [0.2, 0.25) is 0 Å². The number of esters is 1. The molecular formula is C20H34N4O5. The van der Waals surface area contributed by atoms with Crippen LogP contribution < -0.4 is 0 Å². The molecule has 0 aromatic heterocycles. The second kappa shape index (κ2) is 8.01. The Morgan fingerprint density at radius 1 is 1.03 bits per heavy atom. The number of carbonyl (C=O) groups is 3. The molecule has 0 N–H and O–H groups in total. The largest absolute Gasteiger partial charge is 0.468 e. The van der Waals surface area contributed by atoms with E-state index in [0.717, 1.165) is 0 Å². The first-order valence-corrected chi connectivity index (χ1v) is 10.4. The van der Waals surface area contributed by atoms with Crippen LogP contribution in [0.25, 0.3) is 0 Å². The summed E-state index contributed by atoms with van der Waals surface area (Å²) in [6.45, 7) is 12.3. The van der Waals surface area contributed by atoms with Crippen LogP contribution in [0.2, 0.25) is 0 Å². The molecule has 0 radical (unpaired) electrons. The van der Waals surface area contributed by atoms with Crippen LogP contribution in [-0.2, 0) is 14.3 Å². The van der Waals surface area contributed by atoms with Gasteiger partial charge in [0.05, 0.1) is 13.2 Å². The summed E-state index contributed by atoms with van der Waals surface area (Å²) in [5.41, 5.74) is -0.543. The molecule has 9 nitrogen and oxygen atoms in total. The van der Waals surface area contributed by atoms with Crippen molar-refractivity contribution in [1.29, 1.82) is 0 Å². The first-order chi connectivity index (χ1) is 13.5. The second-order valence-electron chi connectivity index (χ2n) is 9.43. The fraction of sp³-hybridized carbons (Fsp3) is 0.850. The summed E-state index contributed by atoms with van der Waals surface area (Å²) in [6.07, 6.45) is 0.244. The van der Waals surface area contributed by atoms with E-state index >= 15 is 0 Å². The highest BCUT2D eigenvalue weighted by molar-refractivity contribution is 5.80. The second-order valence-corrected chi connectivity index (χ2v) is 9.43. The van der Waals surface area contributed by atoms with Crippen LogP contribution in [0.3, 0.4) is 0 Å². The molecule has 3 amide bonds. The van der Waals surface area contributed by atoms with E-state index in [9.17, 15) is 14.4 Å². The van der Waals surface area contributed by atoms with Gasteiger partial charge in [-0.25, -0.2) is 9.59 Å². The van der Waals surface area contributed by atoms with Crippen LogP contribution in [0.5, 0.6) is 0 Å². The normalized spacial score (nSPS) is 28.2. The molecule has 29 heavy (non-hydrogen) atoms. The van der Waals surface area contributed by atoms with Crippen LogP contribution in [-0.4, -0.2) is 107 Å². The van der Waals surface area contributed by atoms with Crippen LogP contribution >= 0.6 is 0 Å². The number of hydrogen-bond donors (Lipinski definition) is 0. The molecule has 0 aliphatic carbocycles. The average molecular weight is 411 g/mol. The number of ether oxygens (including phenoxy) is 2. The van der Waals surface area contributed by atoms with Gasteiger partial charge in [-0.2, -0.15) is 0 Å². The molecule has 0 bridgehead atoms. The molecule has 164 valence electrons. The number of rotatable bonds is 3. The lowest BCUT2D eigenvalue weighted by atomic mass is 10.1. The average Bonchev–Trinajstić information content (AvgIpc) is 3.21. The van der Waals surface area contributed by atoms with E-state index in [4.69, 9.17) is 9.47 Å². The molecule has 3 fully saturated rings. The summed E-state index contributed by atoms with van der Waals surface area (Å²) in [6, 6.07) is -0.221. The number of fused-ring (bicyclic) bond motifs is 1. The molecule has 3 aliphatic heterocycles. The molecule has 3 atom stereocenters. The van der Waals surface area contributed by atoms with Crippen molar-refractivity contribution in [2.45, 2.75) is 70.8 Å². The van der Waals surface area contributed by atoms with Gasteiger partial charge in [0.25, 0.3) is 0 Å². The molecule has 0 saturated carbocycles. The molecule has 0 spiro atoms. The number of urea groups is 1. The Labute approximate surface area is 172 Å². The van der Waals surface area contributed by atoms with E-state index in [0.29, 0.717) is 39.1 Å². The van der Waals surface area contributed by atoms with E-state index in [-0.39, 0.29) is 42.3 Å². The number of likely N-dealkylation sites (tertiary alicyclic amines) is 1. The first-order valence-electron chi connectivity index (χ1n) is 10.4. The van der Waals surface area contributed by atoms with Crippen molar-refractivity contribution in [2.24, 2.45) is 0 Å². The summed E-state index contributed by atoms with van der Waals surface area (Å²) in [4.78, 5) is 45.2. The van der Waals surface area contributed by atoms with Crippen molar-refractivity contribution in [3.05, 3.63) is 0 Å². The Morgan fingerprint density at radius 2 is 1.72 bits per heavy atom. The van der Waals surface area contributed by atoms with Crippen molar-refractivity contribution in [3.63, 3.8) is 0 Å². The van der Waals surface area contributed by atoms with E-state index in [1.165, 1.54) is 7.11 Å². The summed E-state index contributed by atoms with van der Waals surface area (Å²) >= 11 is 0. The molecule has 0 aromatic rings. The van der Waals surface area contributed by atoms with Crippen LogP contribution in [0.1, 0.15) is 41.0 Å². The van der Waals surface area contributed by atoms with Crippen molar-refractivity contribution < 1.29 is 23.9 Å². The van der Waals surface area contributed by atoms with Gasteiger partial charge in [-0.1, -0.05) is 0 Å². The molecule has 1 unspecified atom stereocenters. The molecule has 9 heteroatoms. The maximum atomic E-state index is 13.0. The fourth-order valence-electron chi connectivity index (χ4n) is 4.53. The lowest BCUT2D eigenvalue weighted by Gasteiger charge is -2.37. The Kier molecular flexibility index (Phi) is 5.98. The van der Waals surface area contributed by atoms with E-state index < -0.39 is 5.60 Å². The third-order valence-electron chi connectivity index (χ3n) is 5.93. The molecule has 3 saturated heterocycles. The molecule has 0 aromatic carbocycles. The predicted molar refractivity (Wildman–Crippen MR) is 106 cm³/mol. The van der Waals surface area contributed by atoms with Gasteiger partial charge in [-0.3, -0.25) is 9.69 Å². The minimum atomic E-state index is -0.543. The highest BCUT2D eigenvalue weighted by Gasteiger charge is 2.49. The highest BCUT2D eigenvalue weighted by Crippen LogP contribution is 2.30. The Hall–Kier alpha value is -2.03. The Balaban J connectivity index is 1.66. The lowest BCUT2D eigenvalue weighted by molar-refractivity contribution is -0.146. The molecule has 3 aliphatic rings. The van der Waals surface area contributed by atoms with E-state index in [1.807, 2.05) is 44.4 Å². The topological polar surface area (TPSA) is 82.6 Å². The van der Waals surface area contributed by atoms with Crippen molar-refractivity contribution in [3.8, 4) is 0 Å². The number of carbonyl (C=O) groups excluding carboxylic acids is 3. The SMILES string of the molecule is COC(=O)[C@H]1C[C@H](N2CC3CN(C(=O)OC(C)(C)C)CCN3C2=O)CN1C(C)C. The number of hydrogen-bond acceptors (Lipinski definition) is 6. The van der Waals surface area contributed by atoms with E-state index in [2.05, 4.69) is 4.90 Å². The van der Waals surface area contributed by atoms with E-state index in [1.54, 1.807) is 4.90 Å². The van der Waals surface area contributed by atoms with Gasteiger partial charge in [0.1, 0.15) is 11.6 Å². The first kappa shape index (κ1) is 21.7. The minimum Gasteiger partial charge on any atom is -0.468 e. The quantitative estimate of drug-likeness (QED) is 0.654. The summed E-state index contributed by atoms with van der Waals surface area (Å²) in [7, 11) is 1.40. The van der Waals surface area contributed by atoms with Gasteiger partial charge in [-0.15, -0.1) is 0 Å². The highest BCUT2D eigenvalue weighted by atomic mass is 16.6. The monoisotopic (exact) mass is 410 g/mol. The third-order valence-corrected chi connectivity index (χ3v) is 5.93. The van der Waals surface area contributed by atoms with Gasteiger partial charge in [0, 0.05) is 44.8 Å². The summed E-state index contributed by atoms with van der Waals surface area (Å²) in [5, 5.41) is 0. The third kappa shape index (κ3) is 4.44. The Bertz CT molecular complexity index is 662. The predicted octanol–water partition coefficient (Wildman–Crippen LogP) is 1.37. The zero-order valence-corrected chi connectivity index (χ0v) is 18.4. The number of nitrogens with zero attached hydrogens (tertiary/aromatic N) is 4. The minimum absolute atomic E-state index is 0.00180. The van der Waals surface area contributed by atoms with Crippen molar-refractivity contribution in [2.75, 3.05) is 39.8 Å². The van der Waals surface area contributed by atoms with Crippen LogP contribution in [0.4, 0.5) is 9.59 Å². The number of methoxy groups -OCH3 is 1. The molecule has 3 rings (SSSR count). The Morgan fingerprint density at radius 3 is 2.31 bits per heavy atom. The van der Waals surface area contributed by atoms with Gasteiger partial charge in [0.15, 0.2) is 0 Å².